The zero-order chi connectivity index (χ0) is 15.7. The first-order valence-electron chi connectivity index (χ1n) is 6.97. The number of nitrogens with zero attached hydrogens (tertiary/aromatic N) is 2. The molecule has 0 heterocycles. The van der Waals surface area contributed by atoms with Crippen molar-refractivity contribution >= 4 is 12.0 Å². The molecule has 1 fully saturated rings. The van der Waals surface area contributed by atoms with Crippen molar-refractivity contribution in [3.63, 3.8) is 0 Å². The van der Waals surface area contributed by atoms with Gasteiger partial charge in [-0.3, -0.25) is 4.79 Å². The molecule has 0 unspecified atom stereocenters. The molecule has 0 spiro atoms. The average Bonchev–Trinajstić information content (AvgIpc) is 2.26. The normalized spacial score (nSPS) is 27.4. The first kappa shape index (κ1) is 16.9. The number of carbonyl (C=O) groups is 2. The molecule has 0 aromatic carbocycles. The highest BCUT2D eigenvalue weighted by Crippen LogP contribution is 2.30. The Hall–Kier alpha value is -1.14. The Morgan fingerprint density at radius 3 is 2.10 bits per heavy atom. The molecular weight excluding hydrogens is 260 g/mol. The fraction of sp³-hybridized carbons (Fsp3) is 0.857. The maximum Gasteiger partial charge on any atom is 0.414 e. The lowest BCUT2D eigenvalue weighted by molar-refractivity contribution is -0.143. The molecule has 0 saturated heterocycles. The number of aliphatic hydroxyl groups is 1. The van der Waals surface area contributed by atoms with Crippen LogP contribution < -0.4 is 0 Å². The van der Waals surface area contributed by atoms with Gasteiger partial charge in [0.05, 0.1) is 12.0 Å². The number of carboxylic acid groups (broad SMARTS) is 1. The standard InChI is InChI=1S/C14H26N2O4/c1-14(2,3)16(13(19)20)12(18)10-8-9(15(4)5)6-7-11(10)17/h9-11,17H,6-8H2,1-5H3,(H,19,20)/t9-,10+,11+/m0/s1. The molecule has 0 aliphatic heterocycles. The van der Waals surface area contributed by atoms with Crippen molar-refractivity contribution in [2.45, 2.75) is 57.7 Å². The molecule has 1 saturated carbocycles. The highest BCUT2D eigenvalue weighted by molar-refractivity contribution is 5.93. The molecule has 2 N–H and O–H groups in total. The second kappa shape index (κ2) is 6.10. The molecule has 1 aliphatic rings. The van der Waals surface area contributed by atoms with Crippen molar-refractivity contribution in [3.05, 3.63) is 0 Å². The molecule has 1 aliphatic carbocycles. The minimum atomic E-state index is -1.26. The van der Waals surface area contributed by atoms with Gasteiger partial charge in [-0.25, -0.2) is 9.69 Å². The average molecular weight is 286 g/mol. The molecule has 2 amide bonds. The summed E-state index contributed by atoms with van der Waals surface area (Å²) in [6.45, 7) is 5.03. The van der Waals surface area contributed by atoms with Crippen LogP contribution in [0, 0.1) is 5.92 Å². The number of hydrogen-bond donors (Lipinski definition) is 2. The first-order valence-corrected chi connectivity index (χ1v) is 6.97. The third-order valence-corrected chi connectivity index (χ3v) is 3.92. The van der Waals surface area contributed by atoms with Crippen molar-refractivity contribution in [2.75, 3.05) is 14.1 Å². The van der Waals surface area contributed by atoms with Gasteiger partial charge in [-0.15, -0.1) is 0 Å². The molecule has 116 valence electrons. The highest BCUT2D eigenvalue weighted by Gasteiger charge is 2.42. The van der Waals surface area contributed by atoms with Gasteiger partial charge in [0.25, 0.3) is 0 Å². The molecule has 0 radical (unpaired) electrons. The summed E-state index contributed by atoms with van der Waals surface area (Å²) >= 11 is 0. The van der Waals surface area contributed by atoms with E-state index < -0.39 is 29.6 Å². The van der Waals surface area contributed by atoms with Crippen molar-refractivity contribution in [2.24, 2.45) is 5.92 Å². The van der Waals surface area contributed by atoms with Crippen molar-refractivity contribution in [1.82, 2.24) is 9.80 Å². The van der Waals surface area contributed by atoms with Gasteiger partial charge < -0.3 is 15.1 Å². The lowest BCUT2D eigenvalue weighted by Crippen LogP contribution is -2.55. The van der Waals surface area contributed by atoms with Gasteiger partial charge in [-0.1, -0.05) is 0 Å². The third kappa shape index (κ3) is 3.70. The van der Waals surface area contributed by atoms with Crippen LogP contribution in [0.1, 0.15) is 40.0 Å². The van der Waals surface area contributed by atoms with E-state index in [9.17, 15) is 19.8 Å². The number of amides is 2. The Kier molecular flexibility index (Phi) is 5.15. The predicted molar refractivity (Wildman–Crippen MR) is 75.4 cm³/mol. The van der Waals surface area contributed by atoms with Crippen LogP contribution in [0.25, 0.3) is 0 Å². The Morgan fingerprint density at radius 1 is 1.15 bits per heavy atom. The van der Waals surface area contributed by atoms with Gasteiger partial charge in [-0.2, -0.15) is 0 Å². The third-order valence-electron chi connectivity index (χ3n) is 3.92. The number of imide groups is 1. The summed E-state index contributed by atoms with van der Waals surface area (Å²) in [5, 5.41) is 19.4. The van der Waals surface area contributed by atoms with Crippen molar-refractivity contribution in [1.29, 1.82) is 0 Å². The van der Waals surface area contributed by atoms with E-state index in [2.05, 4.69) is 0 Å². The second-order valence-electron chi connectivity index (χ2n) is 6.73. The van der Waals surface area contributed by atoms with Crippen LogP contribution in [0.3, 0.4) is 0 Å². The van der Waals surface area contributed by atoms with Crippen LogP contribution in [0.5, 0.6) is 0 Å². The van der Waals surface area contributed by atoms with E-state index in [1.807, 2.05) is 19.0 Å². The minimum absolute atomic E-state index is 0.197. The largest absolute Gasteiger partial charge is 0.465 e. The molecule has 6 heteroatoms. The van der Waals surface area contributed by atoms with Crippen molar-refractivity contribution < 1.29 is 19.8 Å². The smallest absolute Gasteiger partial charge is 0.414 e. The summed E-state index contributed by atoms with van der Waals surface area (Å²) in [5.74, 6) is -1.14. The van der Waals surface area contributed by atoms with E-state index in [1.165, 1.54) is 0 Å². The summed E-state index contributed by atoms with van der Waals surface area (Å²) in [6.07, 6.45) is -0.186. The Balaban J connectivity index is 2.95. The van der Waals surface area contributed by atoms with E-state index in [0.29, 0.717) is 12.8 Å². The second-order valence-corrected chi connectivity index (χ2v) is 6.73. The number of carbonyl (C=O) groups excluding carboxylic acids is 1. The Labute approximate surface area is 120 Å². The number of aliphatic hydroxyl groups excluding tert-OH is 1. The van der Waals surface area contributed by atoms with Crippen LogP contribution in [0.2, 0.25) is 0 Å². The molecule has 0 aromatic heterocycles. The molecular formula is C14H26N2O4. The van der Waals surface area contributed by atoms with Gasteiger partial charge in [0, 0.05) is 11.6 Å². The maximum atomic E-state index is 12.5. The molecule has 0 bridgehead atoms. The van der Waals surface area contributed by atoms with Gasteiger partial charge in [0.2, 0.25) is 5.91 Å². The summed E-state index contributed by atoms with van der Waals surface area (Å²) in [7, 11) is 3.87. The van der Waals surface area contributed by atoms with E-state index in [-0.39, 0.29) is 6.04 Å². The van der Waals surface area contributed by atoms with Gasteiger partial charge >= 0.3 is 6.09 Å². The van der Waals surface area contributed by atoms with Crippen LogP contribution in [0.4, 0.5) is 4.79 Å². The van der Waals surface area contributed by atoms with Crippen LogP contribution >= 0.6 is 0 Å². The molecule has 6 nitrogen and oxygen atoms in total. The molecule has 3 atom stereocenters. The van der Waals surface area contributed by atoms with Crippen LogP contribution in [-0.2, 0) is 4.79 Å². The predicted octanol–water partition coefficient (Wildman–Crippen LogP) is 1.38. The van der Waals surface area contributed by atoms with E-state index in [4.69, 9.17) is 0 Å². The highest BCUT2D eigenvalue weighted by atomic mass is 16.4. The monoisotopic (exact) mass is 286 g/mol. The fourth-order valence-electron chi connectivity index (χ4n) is 2.74. The summed E-state index contributed by atoms with van der Waals surface area (Å²) in [5.41, 5.74) is -0.812. The van der Waals surface area contributed by atoms with Gasteiger partial charge in [-0.05, 0) is 54.1 Å². The SMILES string of the molecule is CN(C)[C@H]1CC[C@@H](O)[C@H](C(=O)N(C(=O)O)C(C)(C)C)C1. The molecule has 1 rings (SSSR count). The van der Waals surface area contributed by atoms with E-state index in [1.54, 1.807) is 20.8 Å². The Bertz CT molecular complexity index is 376. The quantitative estimate of drug-likeness (QED) is 0.801. The van der Waals surface area contributed by atoms with E-state index >= 15 is 0 Å². The van der Waals surface area contributed by atoms with Crippen LogP contribution in [-0.4, -0.2) is 63.8 Å². The summed E-state index contributed by atoms with van der Waals surface area (Å²) < 4.78 is 0. The molecule has 0 aromatic rings. The summed E-state index contributed by atoms with van der Waals surface area (Å²) in [4.78, 5) is 26.8. The number of hydrogen-bond acceptors (Lipinski definition) is 4. The topological polar surface area (TPSA) is 81.1 Å². The minimum Gasteiger partial charge on any atom is -0.465 e. The van der Waals surface area contributed by atoms with Crippen molar-refractivity contribution in [3.8, 4) is 0 Å². The fourth-order valence-corrected chi connectivity index (χ4v) is 2.74. The zero-order valence-corrected chi connectivity index (χ0v) is 13.0. The summed E-state index contributed by atoms with van der Waals surface area (Å²) in [6, 6.07) is 0.197. The lowest BCUT2D eigenvalue weighted by atomic mass is 9.81. The maximum absolute atomic E-state index is 12.5. The first-order chi connectivity index (χ1) is 9.05. The van der Waals surface area contributed by atoms with E-state index in [0.717, 1.165) is 11.3 Å². The van der Waals surface area contributed by atoms with Crippen LogP contribution in [0.15, 0.2) is 0 Å². The lowest BCUT2D eigenvalue weighted by Gasteiger charge is -2.40. The van der Waals surface area contributed by atoms with Gasteiger partial charge in [0.1, 0.15) is 0 Å². The Morgan fingerprint density at radius 2 is 1.70 bits per heavy atom. The zero-order valence-electron chi connectivity index (χ0n) is 13.0. The number of rotatable bonds is 2. The molecule has 20 heavy (non-hydrogen) atoms. The van der Waals surface area contributed by atoms with Gasteiger partial charge in [0.15, 0.2) is 0 Å².